The maximum absolute atomic E-state index is 13.5. The van der Waals surface area contributed by atoms with Gasteiger partial charge in [0.15, 0.2) is 0 Å². The molecule has 0 bridgehead atoms. The number of aryl methyl sites for hydroxylation is 1. The van der Waals surface area contributed by atoms with Gasteiger partial charge in [0, 0.05) is 11.9 Å². The van der Waals surface area contributed by atoms with E-state index in [0.717, 1.165) is 6.42 Å². The van der Waals surface area contributed by atoms with E-state index in [9.17, 15) is 14.0 Å². The molecule has 1 aliphatic rings. The van der Waals surface area contributed by atoms with E-state index in [-0.39, 0.29) is 30.6 Å². The Morgan fingerprint density at radius 2 is 2.13 bits per heavy atom. The van der Waals surface area contributed by atoms with Crippen LogP contribution in [0.25, 0.3) is 10.9 Å². The van der Waals surface area contributed by atoms with Gasteiger partial charge in [0.1, 0.15) is 17.6 Å². The SMILES string of the molecule is CCOC(=O)c1ccc(CNC(=O)[C@@H]2CCCN2c2nc(C)c3cc(F)ccc3n2)o1. The highest BCUT2D eigenvalue weighted by molar-refractivity contribution is 5.87. The Labute approximate surface area is 178 Å². The van der Waals surface area contributed by atoms with Crippen LogP contribution in [0.1, 0.15) is 41.8 Å². The lowest BCUT2D eigenvalue weighted by molar-refractivity contribution is -0.122. The Bertz CT molecular complexity index is 1130. The van der Waals surface area contributed by atoms with Crippen LogP contribution in [0.4, 0.5) is 10.3 Å². The number of hydrogen-bond donors (Lipinski definition) is 1. The number of fused-ring (bicyclic) bond motifs is 1. The number of benzene rings is 1. The Kier molecular flexibility index (Phi) is 5.83. The summed E-state index contributed by atoms with van der Waals surface area (Å²) in [4.78, 5) is 35.5. The monoisotopic (exact) mass is 426 g/mol. The lowest BCUT2D eigenvalue weighted by Gasteiger charge is -2.24. The van der Waals surface area contributed by atoms with E-state index in [2.05, 4.69) is 15.3 Å². The lowest BCUT2D eigenvalue weighted by atomic mass is 10.2. The van der Waals surface area contributed by atoms with Gasteiger partial charge in [-0.2, -0.15) is 0 Å². The second-order valence-electron chi connectivity index (χ2n) is 7.33. The summed E-state index contributed by atoms with van der Waals surface area (Å²) in [5.74, 6) is -0.0325. The van der Waals surface area contributed by atoms with Crippen molar-refractivity contribution in [3.05, 3.63) is 53.4 Å². The first-order chi connectivity index (χ1) is 15.0. The third-order valence-electron chi connectivity index (χ3n) is 5.22. The van der Waals surface area contributed by atoms with Crippen molar-refractivity contribution >= 4 is 28.7 Å². The number of nitrogens with one attached hydrogen (secondary N) is 1. The molecule has 0 unspecified atom stereocenters. The number of rotatable bonds is 6. The molecule has 0 aliphatic carbocycles. The van der Waals surface area contributed by atoms with Crippen LogP contribution in [-0.2, 0) is 16.1 Å². The minimum absolute atomic E-state index is 0.102. The first-order valence-electron chi connectivity index (χ1n) is 10.2. The third-order valence-corrected chi connectivity index (χ3v) is 5.22. The van der Waals surface area contributed by atoms with Gasteiger partial charge in [-0.25, -0.2) is 19.2 Å². The maximum atomic E-state index is 13.5. The van der Waals surface area contributed by atoms with Crippen molar-refractivity contribution in [2.45, 2.75) is 39.3 Å². The van der Waals surface area contributed by atoms with Gasteiger partial charge in [0.25, 0.3) is 0 Å². The molecule has 162 valence electrons. The first-order valence-corrected chi connectivity index (χ1v) is 10.2. The van der Waals surface area contributed by atoms with E-state index < -0.39 is 12.0 Å². The number of carbonyl (C=O) groups excluding carboxylic acids is 2. The average molecular weight is 426 g/mol. The summed E-state index contributed by atoms with van der Waals surface area (Å²) in [6.45, 7) is 4.58. The van der Waals surface area contributed by atoms with E-state index >= 15 is 0 Å². The topological polar surface area (TPSA) is 97.6 Å². The Morgan fingerprint density at radius 3 is 2.94 bits per heavy atom. The predicted octanol–water partition coefficient (Wildman–Crippen LogP) is 3.13. The van der Waals surface area contributed by atoms with Gasteiger partial charge < -0.3 is 19.4 Å². The average Bonchev–Trinajstić information content (AvgIpc) is 3.42. The van der Waals surface area contributed by atoms with Crippen LogP contribution >= 0.6 is 0 Å². The van der Waals surface area contributed by atoms with Crippen LogP contribution in [-0.4, -0.2) is 41.0 Å². The molecule has 1 N–H and O–H groups in total. The number of nitrogens with zero attached hydrogens (tertiary/aromatic N) is 3. The fraction of sp³-hybridized carbons (Fsp3) is 0.364. The molecule has 1 saturated heterocycles. The van der Waals surface area contributed by atoms with Crippen molar-refractivity contribution < 1.29 is 23.1 Å². The summed E-state index contributed by atoms with van der Waals surface area (Å²) >= 11 is 0. The Balaban J connectivity index is 1.46. The number of anilines is 1. The molecular weight excluding hydrogens is 403 g/mol. The van der Waals surface area contributed by atoms with Gasteiger partial charge >= 0.3 is 5.97 Å². The smallest absolute Gasteiger partial charge is 0.374 e. The molecule has 31 heavy (non-hydrogen) atoms. The number of carbonyl (C=O) groups is 2. The summed E-state index contributed by atoms with van der Waals surface area (Å²) < 4.78 is 23.9. The van der Waals surface area contributed by atoms with Crippen molar-refractivity contribution in [1.82, 2.24) is 15.3 Å². The molecule has 0 saturated carbocycles. The van der Waals surface area contributed by atoms with Crippen molar-refractivity contribution in [3.63, 3.8) is 0 Å². The Hall–Kier alpha value is -3.49. The number of furan rings is 1. The largest absolute Gasteiger partial charge is 0.460 e. The molecule has 0 radical (unpaired) electrons. The summed E-state index contributed by atoms with van der Waals surface area (Å²) in [6, 6.07) is 7.13. The van der Waals surface area contributed by atoms with Crippen molar-refractivity contribution in [2.24, 2.45) is 0 Å². The van der Waals surface area contributed by atoms with Crippen molar-refractivity contribution in [3.8, 4) is 0 Å². The standard InChI is InChI=1S/C22H23FN4O4/c1-3-30-21(29)19-9-7-15(31-19)12-24-20(28)18-5-4-10-27(18)22-25-13(2)16-11-14(23)6-8-17(16)26-22/h6-9,11,18H,3-5,10,12H2,1-2H3,(H,24,28)/t18-/m0/s1. The molecule has 1 aromatic carbocycles. The van der Waals surface area contributed by atoms with E-state index in [1.807, 2.05) is 4.90 Å². The van der Waals surface area contributed by atoms with E-state index in [0.29, 0.717) is 41.3 Å². The minimum Gasteiger partial charge on any atom is -0.460 e. The first kappa shape index (κ1) is 20.8. The summed E-state index contributed by atoms with van der Waals surface area (Å²) in [6.07, 6.45) is 1.50. The number of halogens is 1. The molecule has 9 heteroatoms. The lowest BCUT2D eigenvalue weighted by Crippen LogP contribution is -2.43. The number of hydrogen-bond acceptors (Lipinski definition) is 7. The van der Waals surface area contributed by atoms with Gasteiger partial charge in [-0.1, -0.05) is 0 Å². The zero-order chi connectivity index (χ0) is 22.0. The van der Waals surface area contributed by atoms with Crippen LogP contribution in [0.5, 0.6) is 0 Å². The molecule has 1 aliphatic heterocycles. The molecule has 4 rings (SSSR count). The quantitative estimate of drug-likeness (QED) is 0.605. The fourth-order valence-corrected chi connectivity index (χ4v) is 3.72. The molecule has 0 spiro atoms. The molecule has 1 amide bonds. The highest BCUT2D eigenvalue weighted by atomic mass is 19.1. The van der Waals surface area contributed by atoms with Crippen molar-refractivity contribution in [1.29, 1.82) is 0 Å². The van der Waals surface area contributed by atoms with Gasteiger partial charge in [-0.15, -0.1) is 0 Å². The molecule has 1 fully saturated rings. The van der Waals surface area contributed by atoms with Crippen molar-refractivity contribution in [2.75, 3.05) is 18.1 Å². The number of ether oxygens (including phenoxy) is 1. The van der Waals surface area contributed by atoms with Crippen LogP contribution in [0.2, 0.25) is 0 Å². The van der Waals surface area contributed by atoms with Gasteiger partial charge in [-0.05, 0) is 57.0 Å². The number of amides is 1. The third kappa shape index (κ3) is 4.35. The van der Waals surface area contributed by atoms with Crippen LogP contribution < -0.4 is 10.2 Å². The minimum atomic E-state index is -0.536. The normalized spacial score (nSPS) is 16.0. The highest BCUT2D eigenvalue weighted by Gasteiger charge is 2.33. The second kappa shape index (κ2) is 8.71. The van der Waals surface area contributed by atoms with E-state index in [1.165, 1.54) is 18.2 Å². The maximum Gasteiger partial charge on any atom is 0.374 e. The second-order valence-corrected chi connectivity index (χ2v) is 7.33. The van der Waals surface area contributed by atoms with E-state index in [1.54, 1.807) is 26.0 Å². The molecular formula is C22H23FN4O4. The highest BCUT2D eigenvalue weighted by Crippen LogP contribution is 2.26. The molecule has 3 heterocycles. The summed E-state index contributed by atoms with van der Waals surface area (Å²) in [7, 11) is 0. The van der Waals surface area contributed by atoms with Crippen LogP contribution in [0.15, 0.2) is 34.7 Å². The fourth-order valence-electron chi connectivity index (χ4n) is 3.72. The summed E-state index contributed by atoms with van der Waals surface area (Å²) in [5, 5.41) is 3.50. The van der Waals surface area contributed by atoms with Gasteiger partial charge in [0.05, 0.1) is 24.4 Å². The zero-order valence-electron chi connectivity index (χ0n) is 17.4. The molecule has 2 aromatic heterocycles. The molecule has 8 nitrogen and oxygen atoms in total. The van der Waals surface area contributed by atoms with E-state index in [4.69, 9.17) is 9.15 Å². The number of esters is 1. The predicted molar refractivity (Wildman–Crippen MR) is 111 cm³/mol. The zero-order valence-corrected chi connectivity index (χ0v) is 17.4. The molecule has 3 aromatic rings. The number of aromatic nitrogens is 2. The van der Waals surface area contributed by atoms with Gasteiger partial charge in [0.2, 0.25) is 17.6 Å². The van der Waals surface area contributed by atoms with Gasteiger partial charge in [-0.3, -0.25) is 4.79 Å². The van der Waals surface area contributed by atoms with Crippen LogP contribution in [0, 0.1) is 12.7 Å². The summed E-state index contributed by atoms with van der Waals surface area (Å²) in [5.41, 5.74) is 1.30. The van der Waals surface area contributed by atoms with Crippen LogP contribution in [0.3, 0.4) is 0 Å². The molecule has 1 atom stereocenters. The Morgan fingerprint density at radius 1 is 1.29 bits per heavy atom.